The molecule has 142 valence electrons. The average Bonchev–Trinajstić information content (AvgIpc) is 3.12. The van der Waals surface area contributed by atoms with Crippen molar-refractivity contribution in [2.45, 2.75) is 19.6 Å². The molecule has 3 rings (SSSR count). The summed E-state index contributed by atoms with van der Waals surface area (Å²) >= 11 is -1.91. The fourth-order valence-corrected chi connectivity index (χ4v) is 3.13. The summed E-state index contributed by atoms with van der Waals surface area (Å²) in [5.74, 6) is 1.46. The zero-order chi connectivity index (χ0) is 19.2. The lowest BCUT2D eigenvalue weighted by atomic mass is 10.1. The molecule has 0 aliphatic rings. The largest absolute Gasteiger partial charge is 0.494 e. The monoisotopic (exact) mass is 387 g/mol. The molecule has 2 heterocycles. The second kappa shape index (κ2) is 8.79. The maximum absolute atomic E-state index is 10.9. The van der Waals surface area contributed by atoms with Crippen molar-refractivity contribution in [2.75, 3.05) is 13.2 Å². The highest BCUT2D eigenvalue weighted by Crippen LogP contribution is 2.31. The molecule has 0 saturated heterocycles. The Labute approximate surface area is 160 Å². The standard InChI is InChI=1S/C19H21N3O4S/c1-3-25-17-7-14(8-18(9-17)26-4-2)19-11-20-13-22(19)16-6-5-15(21-10-16)12-27(23)24/h5-11,13H,3-4,12H2,1-2H3,(H,23,24). The van der Waals surface area contributed by atoms with E-state index in [0.29, 0.717) is 18.9 Å². The molecule has 8 heteroatoms. The third-order valence-electron chi connectivity index (χ3n) is 3.79. The topological polar surface area (TPSA) is 86.5 Å². The number of pyridine rings is 1. The van der Waals surface area contributed by atoms with E-state index in [0.717, 1.165) is 28.4 Å². The van der Waals surface area contributed by atoms with Gasteiger partial charge in [0.05, 0.1) is 54.8 Å². The highest BCUT2D eigenvalue weighted by Gasteiger charge is 2.11. The van der Waals surface area contributed by atoms with Gasteiger partial charge in [-0.1, -0.05) is 0 Å². The van der Waals surface area contributed by atoms with Crippen molar-refractivity contribution in [1.82, 2.24) is 14.5 Å². The van der Waals surface area contributed by atoms with E-state index in [9.17, 15) is 4.21 Å². The van der Waals surface area contributed by atoms with Crippen LogP contribution >= 0.6 is 0 Å². The smallest absolute Gasteiger partial charge is 0.158 e. The van der Waals surface area contributed by atoms with Crippen LogP contribution in [0.5, 0.6) is 11.5 Å². The molecule has 0 fully saturated rings. The predicted octanol–water partition coefficient (Wildman–Crippen LogP) is 3.45. The van der Waals surface area contributed by atoms with E-state index in [1.54, 1.807) is 24.8 Å². The van der Waals surface area contributed by atoms with E-state index in [4.69, 9.17) is 14.0 Å². The molecule has 1 aromatic carbocycles. The van der Waals surface area contributed by atoms with Crippen LogP contribution in [-0.2, 0) is 16.8 Å². The Morgan fingerprint density at radius 1 is 1.07 bits per heavy atom. The number of imidazole rings is 1. The number of ether oxygens (including phenoxy) is 2. The Morgan fingerprint density at radius 3 is 2.33 bits per heavy atom. The Kier molecular flexibility index (Phi) is 6.20. The summed E-state index contributed by atoms with van der Waals surface area (Å²) in [7, 11) is 0. The molecule has 1 atom stereocenters. The van der Waals surface area contributed by atoms with Gasteiger partial charge in [0, 0.05) is 11.6 Å². The molecule has 3 aromatic rings. The van der Waals surface area contributed by atoms with Crippen molar-refractivity contribution in [3.05, 3.63) is 54.7 Å². The number of benzene rings is 1. The van der Waals surface area contributed by atoms with E-state index in [1.165, 1.54) is 0 Å². The molecule has 0 aliphatic carbocycles. The van der Waals surface area contributed by atoms with Gasteiger partial charge in [0.25, 0.3) is 0 Å². The SMILES string of the molecule is CCOc1cc(OCC)cc(-c2cncn2-c2ccc(CS(=O)O)nc2)c1. The molecule has 0 saturated carbocycles. The fourth-order valence-electron chi connectivity index (χ4n) is 2.71. The van der Waals surface area contributed by atoms with Gasteiger partial charge in [0.1, 0.15) is 11.5 Å². The van der Waals surface area contributed by atoms with Gasteiger partial charge in [0.15, 0.2) is 11.1 Å². The van der Waals surface area contributed by atoms with E-state index >= 15 is 0 Å². The number of nitrogens with zero attached hydrogens (tertiary/aromatic N) is 3. The minimum atomic E-state index is -1.91. The summed E-state index contributed by atoms with van der Waals surface area (Å²) in [6, 6.07) is 9.32. The van der Waals surface area contributed by atoms with E-state index in [1.807, 2.05) is 42.7 Å². The van der Waals surface area contributed by atoms with Crippen LogP contribution in [0, 0.1) is 0 Å². The molecule has 0 spiro atoms. The van der Waals surface area contributed by atoms with Gasteiger partial charge >= 0.3 is 0 Å². The highest BCUT2D eigenvalue weighted by atomic mass is 32.2. The van der Waals surface area contributed by atoms with Crippen LogP contribution in [0.3, 0.4) is 0 Å². The van der Waals surface area contributed by atoms with Crippen molar-refractivity contribution < 1.29 is 18.2 Å². The third kappa shape index (κ3) is 4.72. The lowest BCUT2D eigenvalue weighted by Crippen LogP contribution is -2.01. The molecular formula is C19H21N3O4S. The Morgan fingerprint density at radius 2 is 1.78 bits per heavy atom. The Bertz CT molecular complexity index is 901. The quantitative estimate of drug-likeness (QED) is 0.596. The number of rotatable bonds is 8. The molecule has 1 unspecified atom stereocenters. The molecule has 7 nitrogen and oxygen atoms in total. The van der Waals surface area contributed by atoms with Crippen molar-refractivity contribution in [3.8, 4) is 28.4 Å². The molecule has 0 amide bonds. The molecule has 0 radical (unpaired) electrons. The average molecular weight is 387 g/mol. The van der Waals surface area contributed by atoms with Gasteiger partial charge in [-0.25, -0.2) is 9.19 Å². The molecule has 2 aromatic heterocycles. The zero-order valence-electron chi connectivity index (χ0n) is 15.2. The summed E-state index contributed by atoms with van der Waals surface area (Å²) in [6.45, 7) is 4.99. The van der Waals surface area contributed by atoms with Gasteiger partial charge in [0.2, 0.25) is 0 Å². The summed E-state index contributed by atoms with van der Waals surface area (Å²) < 4.78 is 33.1. The summed E-state index contributed by atoms with van der Waals surface area (Å²) in [4.78, 5) is 8.51. The van der Waals surface area contributed by atoms with Crippen molar-refractivity contribution in [2.24, 2.45) is 0 Å². The first-order valence-electron chi connectivity index (χ1n) is 8.56. The van der Waals surface area contributed by atoms with Crippen molar-refractivity contribution >= 4 is 11.1 Å². The van der Waals surface area contributed by atoms with Gasteiger partial charge in [-0.15, -0.1) is 0 Å². The fraction of sp³-hybridized carbons (Fsp3) is 0.263. The van der Waals surface area contributed by atoms with E-state index in [2.05, 4.69) is 9.97 Å². The maximum Gasteiger partial charge on any atom is 0.158 e. The van der Waals surface area contributed by atoms with Gasteiger partial charge < -0.3 is 14.0 Å². The summed E-state index contributed by atoms with van der Waals surface area (Å²) in [5, 5.41) is 0. The second-order valence-corrected chi connectivity index (χ2v) is 6.61. The van der Waals surface area contributed by atoms with Crippen LogP contribution < -0.4 is 9.47 Å². The molecule has 0 bridgehead atoms. The Hall–Kier alpha value is -2.71. The number of aromatic nitrogens is 3. The normalized spacial score (nSPS) is 12.0. The van der Waals surface area contributed by atoms with Crippen molar-refractivity contribution in [3.63, 3.8) is 0 Å². The minimum Gasteiger partial charge on any atom is -0.494 e. The zero-order valence-corrected chi connectivity index (χ0v) is 16.0. The maximum atomic E-state index is 10.9. The van der Waals surface area contributed by atoms with Crippen LogP contribution in [0.4, 0.5) is 0 Å². The summed E-state index contributed by atoms with van der Waals surface area (Å²) in [6.07, 6.45) is 5.12. The Balaban J connectivity index is 1.98. The lowest BCUT2D eigenvalue weighted by Gasteiger charge is -2.13. The number of hydrogen-bond donors (Lipinski definition) is 1. The van der Waals surface area contributed by atoms with Gasteiger partial charge in [-0.3, -0.25) is 9.55 Å². The molecular weight excluding hydrogens is 366 g/mol. The van der Waals surface area contributed by atoms with Crippen LogP contribution in [0.1, 0.15) is 19.5 Å². The molecule has 27 heavy (non-hydrogen) atoms. The lowest BCUT2D eigenvalue weighted by molar-refractivity contribution is 0.323. The van der Waals surface area contributed by atoms with E-state index in [-0.39, 0.29) is 5.75 Å². The molecule has 0 aliphatic heterocycles. The van der Waals surface area contributed by atoms with E-state index < -0.39 is 11.1 Å². The molecule has 1 N–H and O–H groups in total. The van der Waals surface area contributed by atoms with Gasteiger partial charge in [-0.2, -0.15) is 0 Å². The van der Waals surface area contributed by atoms with Crippen LogP contribution in [-0.4, -0.2) is 36.5 Å². The third-order valence-corrected chi connectivity index (χ3v) is 4.34. The highest BCUT2D eigenvalue weighted by molar-refractivity contribution is 7.78. The second-order valence-electron chi connectivity index (χ2n) is 5.68. The predicted molar refractivity (Wildman–Crippen MR) is 104 cm³/mol. The van der Waals surface area contributed by atoms with Crippen LogP contribution in [0.15, 0.2) is 49.1 Å². The first-order chi connectivity index (χ1) is 13.1. The van der Waals surface area contributed by atoms with Crippen molar-refractivity contribution in [1.29, 1.82) is 0 Å². The first-order valence-corrected chi connectivity index (χ1v) is 9.84. The minimum absolute atomic E-state index is 0.00514. The summed E-state index contributed by atoms with van der Waals surface area (Å²) in [5.41, 5.74) is 3.12. The van der Waals surface area contributed by atoms with Crippen LogP contribution in [0.25, 0.3) is 16.9 Å². The van der Waals surface area contributed by atoms with Crippen LogP contribution in [0.2, 0.25) is 0 Å². The van der Waals surface area contributed by atoms with Gasteiger partial charge in [-0.05, 0) is 38.1 Å². The first kappa shape index (κ1) is 19.1. The number of hydrogen-bond acceptors (Lipinski definition) is 5.